The number of rotatable bonds is 8. The van der Waals surface area contributed by atoms with Crippen LogP contribution in [0, 0.1) is 5.82 Å². The molecule has 0 saturated heterocycles. The van der Waals surface area contributed by atoms with E-state index in [1.165, 1.54) is 18.2 Å². The Balaban J connectivity index is 1.95. The first-order valence-electron chi connectivity index (χ1n) is 8.06. The fourth-order valence-corrected chi connectivity index (χ4v) is 2.97. The summed E-state index contributed by atoms with van der Waals surface area (Å²) in [5.74, 6) is 0.546. The molecule has 2 rings (SSSR count). The molecular formula is C19H22BrFN2O3. The number of nitrogens with zero attached hydrogens (tertiary/aromatic N) is 1. The van der Waals surface area contributed by atoms with E-state index in [-0.39, 0.29) is 24.4 Å². The maximum atomic E-state index is 13.1. The number of carbonyl (C=O) groups excluding carboxylic acids is 1. The van der Waals surface area contributed by atoms with Crippen molar-refractivity contribution >= 4 is 21.8 Å². The van der Waals surface area contributed by atoms with E-state index in [0.29, 0.717) is 16.8 Å². The van der Waals surface area contributed by atoms with E-state index in [0.717, 1.165) is 11.3 Å². The summed E-state index contributed by atoms with van der Waals surface area (Å²) in [5, 5.41) is 2.86. The van der Waals surface area contributed by atoms with Crippen molar-refractivity contribution in [2.75, 3.05) is 34.4 Å². The van der Waals surface area contributed by atoms with Crippen LogP contribution >= 0.6 is 15.9 Å². The van der Waals surface area contributed by atoms with Crippen LogP contribution < -0.4 is 14.8 Å². The summed E-state index contributed by atoms with van der Waals surface area (Å²) in [4.78, 5) is 14.1. The van der Waals surface area contributed by atoms with Gasteiger partial charge in [0.15, 0.2) is 6.61 Å². The van der Waals surface area contributed by atoms with Gasteiger partial charge in [0, 0.05) is 12.1 Å². The van der Waals surface area contributed by atoms with E-state index in [9.17, 15) is 9.18 Å². The smallest absolute Gasteiger partial charge is 0.258 e. The summed E-state index contributed by atoms with van der Waals surface area (Å²) in [6.45, 7) is 0.246. The van der Waals surface area contributed by atoms with E-state index in [1.807, 2.05) is 43.3 Å². The first kappa shape index (κ1) is 20.2. The third-order valence-electron chi connectivity index (χ3n) is 3.87. The molecule has 7 heteroatoms. The molecule has 0 fully saturated rings. The number of methoxy groups -OCH3 is 1. The van der Waals surface area contributed by atoms with Crippen LogP contribution in [0.25, 0.3) is 0 Å². The second-order valence-corrected chi connectivity index (χ2v) is 6.74. The molecule has 0 bridgehead atoms. The maximum absolute atomic E-state index is 13.1. The number of halogens is 2. The van der Waals surface area contributed by atoms with Gasteiger partial charge in [0.05, 0.1) is 17.6 Å². The number of hydrogen-bond donors (Lipinski definition) is 1. The Hall–Kier alpha value is -2.12. The minimum atomic E-state index is -0.376. The third-order valence-corrected chi connectivity index (χ3v) is 4.49. The number of benzene rings is 2. The number of carbonyl (C=O) groups is 1. The lowest BCUT2D eigenvalue weighted by atomic mass is 10.0. The van der Waals surface area contributed by atoms with E-state index in [2.05, 4.69) is 21.2 Å². The van der Waals surface area contributed by atoms with Gasteiger partial charge in [-0.1, -0.05) is 18.2 Å². The van der Waals surface area contributed by atoms with E-state index in [4.69, 9.17) is 9.47 Å². The van der Waals surface area contributed by atoms with Gasteiger partial charge in [0.2, 0.25) is 0 Å². The molecule has 1 unspecified atom stereocenters. The van der Waals surface area contributed by atoms with Gasteiger partial charge in [-0.2, -0.15) is 0 Å². The van der Waals surface area contributed by atoms with Gasteiger partial charge in [-0.15, -0.1) is 0 Å². The lowest BCUT2D eigenvalue weighted by Gasteiger charge is -2.26. The first-order chi connectivity index (χ1) is 12.4. The van der Waals surface area contributed by atoms with E-state index in [1.54, 1.807) is 7.11 Å². The molecule has 0 aliphatic heterocycles. The van der Waals surface area contributed by atoms with Crippen molar-refractivity contribution in [2.24, 2.45) is 0 Å². The Kier molecular flexibility index (Phi) is 7.41. The molecule has 0 saturated carbocycles. The van der Waals surface area contributed by atoms with Gasteiger partial charge in [0.1, 0.15) is 17.3 Å². The van der Waals surface area contributed by atoms with Crippen LogP contribution in [0.4, 0.5) is 4.39 Å². The van der Waals surface area contributed by atoms with Gasteiger partial charge in [-0.3, -0.25) is 4.79 Å². The number of para-hydroxylation sites is 1. The fraction of sp³-hybridized carbons (Fsp3) is 0.316. The Morgan fingerprint density at radius 1 is 1.23 bits per heavy atom. The quantitative estimate of drug-likeness (QED) is 0.705. The number of likely N-dealkylation sites (N-methyl/N-ethyl adjacent to an activating group) is 1. The predicted molar refractivity (Wildman–Crippen MR) is 102 cm³/mol. The predicted octanol–water partition coefficient (Wildman–Crippen LogP) is 3.39. The molecule has 0 aliphatic carbocycles. The second kappa shape index (κ2) is 9.54. The molecule has 2 aromatic carbocycles. The monoisotopic (exact) mass is 424 g/mol. The van der Waals surface area contributed by atoms with Crippen LogP contribution in [0.15, 0.2) is 46.9 Å². The maximum Gasteiger partial charge on any atom is 0.258 e. The van der Waals surface area contributed by atoms with Gasteiger partial charge in [-0.05, 0) is 54.3 Å². The van der Waals surface area contributed by atoms with Crippen LogP contribution in [-0.2, 0) is 4.79 Å². The second-order valence-electron chi connectivity index (χ2n) is 5.89. The zero-order valence-electron chi connectivity index (χ0n) is 15.0. The van der Waals surface area contributed by atoms with Gasteiger partial charge in [0.25, 0.3) is 5.91 Å². The van der Waals surface area contributed by atoms with Crippen molar-refractivity contribution in [3.05, 3.63) is 58.3 Å². The summed E-state index contributed by atoms with van der Waals surface area (Å²) in [7, 11) is 5.50. The average molecular weight is 425 g/mol. The average Bonchev–Trinajstić information content (AvgIpc) is 2.61. The summed E-state index contributed by atoms with van der Waals surface area (Å²) >= 11 is 3.21. The lowest BCUT2D eigenvalue weighted by molar-refractivity contribution is -0.123. The van der Waals surface area contributed by atoms with Crippen molar-refractivity contribution in [1.82, 2.24) is 10.2 Å². The molecule has 0 heterocycles. The highest BCUT2D eigenvalue weighted by Gasteiger charge is 2.19. The molecule has 5 nitrogen and oxygen atoms in total. The molecular weight excluding hydrogens is 403 g/mol. The normalized spacial score (nSPS) is 11.9. The van der Waals surface area contributed by atoms with Crippen LogP contribution in [0.2, 0.25) is 0 Å². The van der Waals surface area contributed by atoms with Crippen molar-refractivity contribution in [1.29, 1.82) is 0 Å². The minimum Gasteiger partial charge on any atom is -0.496 e. The Labute approximate surface area is 161 Å². The standard InChI is InChI=1S/C19H22BrFN2O3/c1-23(2)16(14-6-4-5-7-17(14)25-3)11-22-19(24)12-26-18-9-8-13(21)10-15(18)20/h4-10,16H,11-12H2,1-3H3,(H,22,24). The van der Waals surface area contributed by atoms with Crippen molar-refractivity contribution in [3.8, 4) is 11.5 Å². The molecule has 0 spiro atoms. The van der Waals surface area contributed by atoms with Crippen molar-refractivity contribution in [2.45, 2.75) is 6.04 Å². The number of ether oxygens (including phenoxy) is 2. The SMILES string of the molecule is COc1ccccc1C(CNC(=O)COc1ccc(F)cc1Br)N(C)C. The first-order valence-corrected chi connectivity index (χ1v) is 8.85. The molecule has 0 aromatic heterocycles. The lowest BCUT2D eigenvalue weighted by Crippen LogP contribution is -2.37. The topological polar surface area (TPSA) is 50.8 Å². The van der Waals surface area contributed by atoms with Crippen LogP contribution in [0.5, 0.6) is 11.5 Å². The molecule has 1 atom stereocenters. The summed E-state index contributed by atoms with van der Waals surface area (Å²) in [5.41, 5.74) is 0.988. The largest absolute Gasteiger partial charge is 0.496 e. The summed E-state index contributed by atoms with van der Waals surface area (Å²) in [6.07, 6.45) is 0. The van der Waals surface area contributed by atoms with Crippen LogP contribution in [-0.4, -0.2) is 45.2 Å². The Morgan fingerprint density at radius 3 is 2.62 bits per heavy atom. The van der Waals surface area contributed by atoms with Gasteiger partial charge >= 0.3 is 0 Å². The molecule has 26 heavy (non-hydrogen) atoms. The van der Waals surface area contributed by atoms with Crippen LogP contribution in [0.3, 0.4) is 0 Å². The highest BCUT2D eigenvalue weighted by molar-refractivity contribution is 9.10. The van der Waals surface area contributed by atoms with Crippen molar-refractivity contribution in [3.63, 3.8) is 0 Å². The highest BCUT2D eigenvalue weighted by Crippen LogP contribution is 2.27. The Bertz CT molecular complexity index is 755. The summed E-state index contributed by atoms with van der Waals surface area (Å²) in [6, 6.07) is 11.7. The number of nitrogens with one attached hydrogen (secondary N) is 1. The minimum absolute atomic E-state index is 0.0485. The molecule has 1 amide bonds. The fourth-order valence-electron chi connectivity index (χ4n) is 2.51. The zero-order chi connectivity index (χ0) is 19.1. The molecule has 0 aliphatic rings. The van der Waals surface area contributed by atoms with Crippen LogP contribution in [0.1, 0.15) is 11.6 Å². The van der Waals surface area contributed by atoms with Gasteiger partial charge in [-0.25, -0.2) is 4.39 Å². The van der Waals surface area contributed by atoms with Gasteiger partial charge < -0.3 is 19.7 Å². The third kappa shape index (κ3) is 5.44. The van der Waals surface area contributed by atoms with Crippen molar-refractivity contribution < 1.29 is 18.7 Å². The zero-order valence-corrected chi connectivity index (χ0v) is 16.5. The molecule has 0 radical (unpaired) electrons. The number of amides is 1. The highest BCUT2D eigenvalue weighted by atomic mass is 79.9. The molecule has 2 aromatic rings. The Morgan fingerprint density at radius 2 is 1.96 bits per heavy atom. The van der Waals surface area contributed by atoms with E-state index < -0.39 is 0 Å². The number of hydrogen-bond acceptors (Lipinski definition) is 4. The van der Waals surface area contributed by atoms with E-state index >= 15 is 0 Å². The summed E-state index contributed by atoms with van der Waals surface area (Å²) < 4.78 is 24.4. The molecule has 140 valence electrons. The molecule has 1 N–H and O–H groups in total.